The first-order valence-electron chi connectivity index (χ1n) is 5.87. The molecule has 1 heteroatoms. The van der Waals surface area contributed by atoms with Gasteiger partial charge in [-0.15, -0.1) is 0 Å². The third kappa shape index (κ3) is 5.58. The van der Waals surface area contributed by atoms with Crippen molar-refractivity contribution in [3.05, 3.63) is 34.9 Å². The smallest absolute Gasteiger partial charge is 0.0577 e. The quantitative estimate of drug-likeness (QED) is 0.804. The van der Waals surface area contributed by atoms with Crippen LogP contribution in [0.1, 0.15) is 43.9 Å². The lowest BCUT2D eigenvalue weighted by molar-refractivity contribution is 0.171. The fourth-order valence-corrected chi connectivity index (χ4v) is 1.60. The molecule has 0 aromatic heterocycles. The predicted molar refractivity (Wildman–Crippen MR) is 67.3 cm³/mol. The Morgan fingerprint density at radius 2 is 1.53 bits per heavy atom. The van der Waals surface area contributed by atoms with Crippen LogP contribution in [0, 0.1) is 13.8 Å². The maximum absolute atomic E-state index is 9.49. The third-order valence-electron chi connectivity index (χ3n) is 2.22. The van der Waals surface area contributed by atoms with Crippen molar-refractivity contribution in [2.24, 2.45) is 0 Å². The SMILES string of the molecule is CC.CCC(O)Cc1cc(C)cc(C)c1. The number of aliphatic hydroxyl groups is 1. The average molecular weight is 208 g/mol. The zero-order valence-electron chi connectivity index (χ0n) is 10.7. The first-order chi connectivity index (χ1) is 7.11. The number of hydrogen-bond acceptors (Lipinski definition) is 1. The highest BCUT2D eigenvalue weighted by molar-refractivity contribution is 5.28. The van der Waals surface area contributed by atoms with Crippen molar-refractivity contribution in [3.8, 4) is 0 Å². The Kier molecular flexibility index (Phi) is 7.06. The number of aryl methyl sites for hydroxylation is 2. The summed E-state index contributed by atoms with van der Waals surface area (Å²) in [6.45, 7) is 10.2. The molecule has 1 nitrogen and oxygen atoms in total. The Bertz CT molecular complexity index is 258. The van der Waals surface area contributed by atoms with Crippen LogP contribution in [0.25, 0.3) is 0 Å². The van der Waals surface area contributed by atoms with Crippen molar-refractivity contribution in [1.29, 1.82) is 0 Å². The molecule has 1 aromatic carbocycles. The van der Waals surface area contributed by atoms with E-state index in [4.69, 9.17) is 0 Å². The van der Waals surface area contributed by atoms with E-state index in [1.807, 2.05) is 20.8 Å². The van der Waals surface area contributed by atoms with Crippen molar-refractivity contribution >= 4 is 0 Å². The summed E-state index contributed by atoms with van der Waals surface area (Å²) in [6, 6.07) is 6.44. The monoisotopic (exact) mass is 208 g/mol. The van der Waals surface area contributed by atoms with Gasteiger partial charge in [0.2, 0.25) is 0 Å². The summed E-state index contributed by atoms with van der Waals surface area (Å²) in [4.78, 5) is 0. The van der Waals surface area contributed by atoms with Gasteiger partial charge in [-0.2, -0.15) is 0 Å². The highest BCUT2D eigenvalue weighted by atomic mass is 16.3. The zero-order valence-corrected chi connectivity index (χ0v) is 10.7. The molecule has 1 unspecified atom stereocenters. The second kappa shape index (κ2) is 7.47. The zero-order chi connectivity index (χ0) is 11.8. The Labute approximate surface area is 94.2 Å². The molecule has 0 spiro atoms. The van der Waals surface area contributed by atoms with Gasteiger partial charge >= 0.3 is 0 Å². The van der Waals surface area contributed by atoms with Crippen molar-refractivity contribution in [3.63, 3.8) is 0 Å². The lowest BCUT2D eigenvalue weighted by Crippen LogP contribution is -2.08. The van der Waals surface area contributed by atoms with Gasteiger partial charge in [0, 0.05) is 0 Å². The minimum Gasteiger partial charge on any atom is -0.393 e. The van der Waals surface area contributed by atoms with E-state index in [1.54, 1.807) is 0 Å². The van der Waals surface area contributed by atoms with Gasteiger partial charge in [0.15, 0.2) is 0 Å². The minimum atomic E-state index is -0.193. The molecule has 0 saturated heterocycles. The first kappa shape index (κ1) is 14.2. The number of benzene rings is 1. The Morgan fingerprint density at radius 3 is 1.93 bits per heavy atom. The van der Waals surface area contributed by atoms with E-state index in [0.717, 1.165) is 12.8 Å². The summed E-state index contributed by atoms with van der Waals surface area (Å²) < 4.78 is 0. The van der Waals surface area contributed by atoms with E-state index in [2.05, 4.69) is 32.0 Å². The van der Waals surface area contributed by atoms with Crippen LogP contribution in [-0.2, 0) is 6.42 Å². The molecule has 0 fully saturated rings. The summed E-state index contributed by atoms with van der Waals surface area (Å²) in [5.74, 6) is 0. The summed E-state index contributed by atoms with van der Waals surface area (Å²) in [6.07, 6.45) is 1.41. The number of hydrogen-bond donors (Lipinski definition) is 1. The molecule has 86 valence electrons. The molecule has 0 aliphatic heterocycles. The summed E-state index contributed by atoms with van der Waals surface area (Å²) in [7, 11) is 0. The van der Waals surface area contributed by atoms with Crippen LogP contribution >= 0.6 is 0 Å². The largest absolute Gasteiger partial charge is 0.393 e. The molecule has 1 atom stereocenters. The highest BCUT2D eigenvalue weighted by Gasteiger charge is 2.03. The van der Waals surface area contributed by atoms with Gasteiger partial charge in [-0.3, -0.25) is 0 Å². The molecule has 1 N–H and O–H groups in total. The fourth-order valence-electron chi connectivity index (χ4n) is 1.60. The molecule has 0 aliphatic rings. The molecule has 15 heavy (non-hydrogen) atoms. The molecule has 0 radical (unpaired) electrons. The van der Waals surface area contributed by atoms with E-state index in [0.29, 0.717) is 0 Å². The van der Waals surface area contributed by atoms with Gasteiger partial charge in [-0.1, -0.05) is 50.1 Å². The van der Waals surface area contributed by atoms with E-state index < -0.39 is 0 Å². The van der Waals surface area contributed by atoms with Gasteiger partial charge < -0.3 is 5.11 Å². The Balaban J connectivity index is 0.000000921. The van der Waals surface area contributed by atoms with Crippen LogP contribution in [-0.4, -0.2) is 11.2 Å². The molecular formula is C14H24O. The number of rotatable bonds is 3. The number of aliphatic hydroxyl groups excluding tert-OH is 1. The molecule has 0 saturated carbocycles. The molecule has 1 rings (SSSR count). The molecule has 1 aromatic rings. The van der Waals surface area contributed by atoms with Gasteiger partial charge in [0.1, 0.15) is 0 Å². The molecule has 0 heterocycles. The van der Waals surface area contributed by atoms with Crippen LogP contribution in [0.4, 0.5) is 0 Å². The van der Waals surface area contributed by atoms with Crippen LogP contribution in [0.15, 0.2) is 18.2 Å². The molecular weight excluding hydrogens is 184 g/mol. The van der Waals surface area contributed by atoms with Crippen LogP contribution in [0.2, 0.25) is 0 Å². The standard InChI is InChI=1S/C12H18O.C2H6/c1-4-12(13)8-11-6-9(2)5-10(3)7-11;1-2/h5-7,12-13H,4,8H2,1-3H3;1-2H3. The topological polar surface area (TPSA) is 20.2 Å². The van der Waals surface area contributed by atoms with E-state index in [9.17, 15) is 5.11 Å². The lowest BCUT2D eigenvalue weighted by atomic mass is 10.0. The van der Waals surface area contributed by atoms with Gasteiger partial charge in [0.05, 0.1) is 6.10 Å². The third-order valence-corrected chi connectivity index (χ3v) is 2.22. The predicted octanol–water partition coefficient (Wildman–Crippen LogP) is 3.64. The second-order valence-corrected chi connectivity index (χ2v) is 3.76. The highest BCUT2D eigenvalue weighted by Crippen LogP contribution is 2.11. The maximum Gasteiger partial charge on any atom is 0.0577 e. The fraction of sp³-hybridized carbons (Fsp3) is 0.571. The second-order valence-electron chi connectivity index (χ2n) is 3.76. The molecule has 0 aliphatic carbocycles. The maximum atomic E-state index is 9.49. The minimum absolute atomic E-state index is 0.193. The summed E-state index contributed by atoms with van der Waals surface area (Å²) in [5.41, 5.74) is 3.79. The van der Waals surface area contributed by atoms with Crippen LogP contribution in [0.5, 0.6) is 0 Å². The average Bonchev–Trinajstić information content (AvgIpc) is 2.19. The summed E-state index contributed by atoms with van der Waals surface area (Å²) in [5, 5.41) is 9.49. The van der Waals surface area contributed by atoms with Crippen molar-refractivity contribution in [2.75, 3.05) is 0 Å². The van der Waals surface area contributed by atoms with Crippen LogP contribution < -0.4 is 0 Å². The van der Waals surface area contributed by atoms with E-state index in [1.165, 1.54) is 16.7 Å². The van der Waals surface area contributed by atoms with Gasteiger partial charge in [0.25, 0.3) is 0 Å². The van der Waals surface area contributed by atoms with Crippen LogP contribution in [0.3, 0.4) is 0 Å². The lowest BCUT2D eigenvalue weighted by Gasteiger charge is -2.09. The van der Waals surface area contributed by atoms with Crippen molar-refractivity contribution < 1.29 is 5.11 Å². The molecule has 0 amide bonds. The Morgan fingerprint density at radius 1 is 1.07 bits per heavy atom. The van der Waals surface area contributed by atoms with Crippen molar-refractivity contribution in [2.45, 2.75) is 53.6 Å². The van der Waals surface area contributed by atoms with Gasteiger partial charge in [-0.05, 0) is 32.3 Å². The van der Waals surface area contributed by atoms with Gasteiger partial charge in [-0.25, -0.2) is 0 Å². The first-order valence-corrected chi connectivity index (χ1v) is 5.87. The summed E-state index contributed by atoms with van der Waals surface area (Å²) >= 11 is 0. The van der Waals surface area contributed by atoms with E-state index in [-0.39, 0.29) is 6.10 Å². The van der Waals surface area contributed by atoms with Crippen molar-refractivity contribution in [1.82, 2.24) is 0 Å². The molecule has 0 bridgehead atoms. The normalized spacial score (nSPS) is 11.6. The van der Waals surface area contributed by atoms with E-state index >= 15 is 0 Å². The Hall–Kier alpha value is -0.820.